The van der Waals surface area contributed by atoms with E-state index >= 15 is 0 Å². The summed E-state index contributed by atoms with van der Waals surface area (Å²) in [5, 5.41) is 0.931. The zero-order chi connectivity index (χ0) is 10.7. The van der Waals surface area contributed by atoms with E-state index in [-0.39, 0.29) is 5.82 Å². The van der Waals surface area contributed by atoms with Gasteiger partial charge in [0.25, 0.3) is 0 Å². The molecule has 1 N–H and O–H groups in total. The van der Waals surface area contributed by atoms with Crippen LogP contribution in [-0.2, 0) is 6.42 Å². The maximum absolute atomic E-state index is 13.0. The van der Waals surface area contributed by atoms with Crippen LogP contribution in [0.1, 0.15) is 12.0 Å². The van der Waals surface area contributed by atoms with Crippen LogP contribution in [0.4, 0.5) is 4.39 Å². The van der Waals surface area contributed by atoms with Gasteiger partial charge in [-0.2, -0.15) is 0 Å². The highest BCUT2D eigenvalue weighted by Crippen LogP contribution is 2.20. The van der Waals surface area contributed by atoms with Gasteiger partial charge in [-0.05, 0) is 30.2 Å². The zero-order valence-corrected chi connectivity index (χ0v) is 8.26. The molecule has 3 heteroatoms. The quantitative estimate of drug-likeness (QED) is 0.583. The van der Waals surface area contributed by atoms with Crippen molar-refractivity contribution in [1.29, 1.82) is 0 Å². The molecule has 1 heterocycles. The van der Waals surface area contributed by atoms with E-state index in [9.17, 15) is 4.39 Å². The van der Waals surface area contributed by atoms with Crippen molar-refractivity contribution in [3.63, 3.8) is 0 Å². The molecule has 0 fully saturated rings. The van der Waals surface area contributed by atoms with Crippen LogP contribution in [0.3, 0.4) is 0 Å². The number of rotatable bonds is 3. The minimum Gasteiger partial charge on any atom is -0.361 e. The normalized spacial score (nSPS) is 10.4. The first-order chi connectivity index (χ1) is 7.31. The van der Waals surface area contributed by atoms with E-state index in [0.29, 0.717) is 6.54 Å². The largest absolute Gasteiger partial charge is 0.361 e. The number of nitrogens with zero attached hydrogens (tertiary/aromatic N) is 1. The summed E-state index contributed by atoms with van der Waals surface area (Å²) in [4.78, 5) is 6.40. The summed E-state index contributed by atoms with van der Waals surface area (Å²) in [5.74, 6) is -0.214. The predicted molar refractivity (Wildman–Crippen MR) is 58.0 cm³/mol. The van der Waals surface area contributed by atoms with Gasteiger partial charge >= 0.3 is 0 Å². The first kappa shape index (κ1) is 9.72. The number of aromatic nitrogens is 1. The van der Waals surface area contributed by atoms with E-state index < -0.39 is 0 Å². The zero-order valence-electron chi connectivity index (χ0n) is 8.26. The van der Waals surface area contributed by atoms with Crippen LogP contribution in [0.5, 0.6) is 0 Å². The van der Waals surface area contributed by atoms with E-state index in [4.69, 9.17) is 6.57 Å². The average molecular weight is 202 g/mol. The SMILES string of the molecule is [C-]#[N+]CCCc1c[nH]c2ccc(F)cc12. The summed E-state index contributed by atoms with van der Waals surface area (Å²) in [6.07, 6.45) is 3.55. The van der Waals surface area contributed by atoms with Gasteiger partial charge in [0.1, 0.15) is 5.82 Å². The standard InChI is InChI=1S/C12H11FN2/c1-14-6-2-3-9-8-15-12-5-4-10(13)7-11(9)12/h4-5,7-8,15H,2-3,6H2. The lowest BCUT2D eigenvalue weighted by Gasteiger charge is -1.95. The Morgan fingerprint density at radius 2 is 2.27 bits per heavy atom. The topological polar surface area (TPSA) is 20.1 Å². The Balaban J connectivity index is 2.28. The second-order valence-electron chi connectivity index (χ2n) is 3.49. The number of benzene rings is 1. The molecule has 0 aliphatic rings. The third-order valence-electron chi connectivity index (χ3n) is 2.45. The first-order valence-corrected chi connectivity index (χ1v) is 4.90. The van der Waals surface area contributed by atoms with Gasteiger partial charge in [-0.3, -0.25) is 0 Å². The summed E-state index contributed by atoms with van der Waals surface area (Å²) in [6, 6.07) is 4.73. The van der Waals surface area contributed by atoms with Gasteiger partial charge in [-0.25, -0.2) is 11.0 Å². The van der Waals surface area contributed by atoms with Crippen LogP contribution < -0.4 is 0 Å². The number of aromatic amines is 1. The lowest BCUT2D eigenvalue weighted by Crippen LogP contribution is -1.85. The Morgan fingerprint density at radius 3 is 3.07 bits per heavy atom. The average Bonchev–Trinajstić information content (AvgIpc) is 2.62. The van der Waals surface area contributed by atoms with Crippen molar-refractivity contribution >= 4 is 10.9 Å². The first-order valence-electron chi connectivity index (χ1n) is 4.90. The monoisotopic (exact) mass is 202 g/mol. The molecule has 2 aromatic rings. The Morgan fingerprint density at radius 1 is 1.40 bits per heavy atom. The fourth-order valence-electron chi connectivity index (χ4n) is 1.71. The van der Waals surface area contributed by atoms with E-state index in [1.807, 2.05) is 6.20 Å². The lowest BCUT2D eigenvalue weighted by atomic mass is 10.1. The molecule has 76 valence electrons. The van der Waals surface area contributed by atoms with Crippen molar-refractivity contribution in [3.05, 3.63) is 47.2 Å². The van der Waals surface area contributed by atoms with Crippen LogP contribution in [0, 0.1) is 12.4 Å². The molecule has 1 aromatic carbocycles. The Kier molecular flexibility index (Phi) is 2.68. The smallest absolute Gasteiger partial charge is 0.215 e. The van der Waals surface area contributed by atoms with E-state index in [1.165, 1.54) is 6.07 Å². The van der Waals surface area contributed by atoms with Gasteiger partial charge in [0.2, 0.25) is 6.54 Å². The lowest BCUT2D eigenvalue weighted by molar-refractivity contribution is 0.629. The molecule has 1 aromatic heterocycles. The summed E-state index contributed by atoms with van der Waals surface area (Å²) in [7, 11) is 0. The number of nitrogens with one attached hydrogen (secondary N) is 1. The van der Waals surface area contributed by atoms with Crippen LogP contribution in [-0.4, -0.2) is 11.5 Å². The Bertz CT molecular complexity index is 508. The summed E-state index contributed by atoms with van der Waals surface area (Å²) < 4.78 is 13.0. The summed E-state index contributed by atoms with van der Waals surface area (Å²) >= 11 is 0. The molecule has 0 unspecified atom stereocenters. The minimum absolute atomic E-state index is 0.214. The van der Waals surface area contributed by atoms with Crippen LogP contribution in [0.15, 0.2) is 24.4 Å². The molecule has 2 nitrogen and oxygen atoms in total. The highest BCUT2D eigenvalue weighted by atomic mass is 19.1. The van der Waals surface area contributed by atoms with Gasteiger partial charge in [0.15, 0.2) is 0 Å². The molecule has 0 amide bonds. The van der Waals surface area contributed by atoms with Crippen LogP contribution in [0.2, 0.25) is 0 Å². The summed E-state index contributed by atoms with van der Waals surface area (Å²) in [6.45, 7) is 7.22. The molecular weight excluding hydrogens is 191 g/mol. The van der Waals surface area contributed by atoms with E-state index in [2.05, 4.69) is 9.83 Å². The Labute approximate surface area is 87.6 Å². The third kappa shape index (κ3) is 1.99. The van der Waals surface area contributed by atoms with E-state index in [1.54, 1.807) is 12.1 Å². The fourth-order valence-corrected chi connectivity index (χ4v) is 1.71. The second-order valence-corrected chi connectivity index (χ2v) is 3.49. The third-order valence-corrected chi connectivity index (χ3v) is 2.45. The molecule has 0 bridgehead atoms. The van der Waals surface area contributed by atoms with Crippen molar-refractivity contribution in [1.82, 2.24) is 4.98 Å². The van der Waals surface area contributed by atoms with Crippen molar-refractivity contribution in [2.24, 2.45) is 0 Å². The maximum Gasteiger partial charge on any atom is 0.215 e. The molecule has 0 spiro atoms. The van der Waals surface area contributed by atoms with Gasteiger partial charge < -0.3 is 9.83 Å². The predicted octanol–water partition coefficient (Wildman–Crippen LogP) is 3.16. The van der Waals surface area contributed by atoms with Crippen molar-refractivity contribution in [3.8, 4) is 0 Å². The van der Waals surface area contributed by atoms with Gasteiger partial charge in [-0.15, -0.1) is 0 Å². The van der Waals surface area contributed by atoms with Gasteiger partial charge in [0.05, 0.1) is 0 Å². The molecule has 15 heavy (non-hydrogen) atoms. The molecule has 0 saturated heterocycles. The minimum atomic E-state index is -0.214. The number of fused-ring (bicyclic) bond motifs is 1. The fraction of sp³-hybridized carbons (Fsp3) is 0.250. The van der Waals surface area contributed by atoms with Gasteiger partial charge in [-0.1, -0.05) is 0 Å². The van der Waals surface area contributed by atoms with Gasteiger partial charge in [0, 0.05) is 23.5 Å². The number of hydrogen-bond donors (Lipinski definition) is 1. The molecular formula is C12H11FN2. The molecule has 0 radical (unpaired) electrons. The Hall–Kier alpha value is -1.82. The highest BCUT2D eigenvalue weighted by molar-refractivity contribution is 5.83. The van der Waals surface area contributed by atoms with Crippen molar-refractivity contribution in [2.75, 3.05) is 6.54 Å². The molecule has 0 aliphatic carbocycles. The molecule has 0 aliphatic heterocycles. The summed E-state index contributed by atoms with van der Waals surface area (Å²) in [5.41, 5.74) is 2.04. The maximum atomic E-state index is 13.0. The number of H-pyrrole nitrogens is 1. The highest BCUT2D eigenvalue weighted by Gasteiger charge is 2.04. The molecule has 2 rings (SSSR count). The van der Waals surface area contributed by atoms with Crippen molar-refractivity contribution < 1.29 is 4.39 Å². The van der Waals surface area contributed by atoms with Crippen molar-refractivity contribution in [2.45, 2.75) is 12.8 Å². The number of aryl methyl sites for hydroxylation is 1. The van der Waals surface area contributed by atoms with E-state index in [0.717, 1.165) is 29.3 Å². The van der Waals surface area contributed by atoms with Crippen LogP contribution in [0.25, 0.3) is 15.7 Å². The molecule has 0 saturated carbocycles. The second kappa shape index (κ2) is 4.14. The number of hydrogen-bond acceptors (Lipinski definition) is 0. The number of halogens is 1. The molecule has 0 atom stereocenters. The van der Waals surface area contributed by atoms with Crippen LogP contribution >= 0.6 is 0 Å².